The molecule has 2 nitrogen and oxygen atoms in total. The molecule has 0 aliphatic heterocycles. The Labute approximate surface area is 118 Å². The molecule has 0 amide bonds. The fourth-order valence-electron chi connectivity index (χ4n) is 2.15. The van der Waals surface area contributed by atoms with Crippen molar-refractivity contribution in [2.45, 2.75) is 20.3 Å². The minimum absolute atomic E-state index is 0.00392. The molecule has 0 unspecified atom stereocenters. The number of hydrogen-bond donors (Lipinski definition) is 0. The van der Waals surface area contributed by atoms with Gasteiger partial charge in [0.25, 0.3) is 0 Å². The standard InChI is InChI=1S/C17H17FO2/c1-11-5-4-6-14(12(11)2)16(19)10-13-7-8-17(20-3)15(18)9-13/h4-9H,10H2,1-3H3. The van der Waals surface area contributed by atoms with Crippen LogP contribution >= 0.6 is 0 Å². The van der Waals surface area contributed by atoms with Crippen LogP contribution in [0.25, 0.3) is 0 Å². The fraction of sp³-hybridized carbons (Fsp3) is 0.235. The molecule has 0 spiro atoms. The lowest BCUT2D eigenvalue weighted by Crippen LogP contribution is -2.07. The summed E-state index contributed by atoms with van der Waals surface area (Å²) in [6.07, 6.45) is 0.186. The van der Waals surface area contributed by atoms with E-state index in [4.69, 9.17) is 4.74 Å². The van der Waals surface area contributed by atoms with Gasteiger partial charge in [-0.2, -0.15) is 0 Å². The summed E-state index contributed by atoms with van der Waals surface area (Å²) < 4.78 is 18.5. The van der Waals surface area contributed by atoms with Gasteiger partial charge >= 0.3 is 0 Å². The molecule has 20 heavy (non-hydrogen) atoms. The second-order valence-corrected chi connectivity index (χ2v) is 4.82. The van der Waals surface area contributed by atoms with Crippen LogP contribution in [-0.4, -0.2) is 12.9 Å². The van der Waals surface area contributed by atoms with Gasteiger partial charge in [-0.1, -0.05) is 24.3 Å². The molecule has 3 heteroatoms. The first-order chi connectivity index (χ1) is 9.52. The molecule has 0 aliphatic rings. The Kier molecular flexibility index (Phi) is 4.18. The maximum atomic E-state index is 13.6. The van der Waals surface area contributed by atoms with Crippen molar-refractivity contribution in [1.82, 2.24) is 0 Å². The van der Waals surface area contributed by atoms with Crippen LogP contribution in [0.5, 0.6) is 5.75 Å². The molecule has 0 atom stereocenters. The van der Waals surface area contributed by atoms with Crippen molar-refractivity contribution in [3.05, 3.63) is 64.5 Å². The number of carbonyl (C=O) groups is 1. The first-order valence-electron chi connectivity index (χ1n) is 6.44. The van der Waals surface area contributed by atoms with Gasteiger partial charge in [0.1, 0.15) is 0 Å². The smallest absolute Gasteiger partial charge is 0.167 e. The highest BCUT2D eigenvalue weighted by molar-refractivity contribution is 5.99. The number of Topliss-reactive ketones (excluding diaryl/α,β-unsaturated/α-hetero) is 1. The predicted octanol–water partition coefficient (Wildman–Crippen LogP) is 3.88. The summed E-state index contributed by atoms with van der Waals surface area (Å²) in [5.74, 6) is -0.262. The zero-order valence-electron chi connectivity index (χ0n) is 11.9. The average Bonchev–Trinajstić information content (AvgIpc) is 2.42. The van der Waals surface area contributed by atoms with E-state index in [9.17, 15) is 9.18 Å². The van der Waals surface area contributed by atoms with Gasteiger partial charge in [-0.25, -0.2) is 4.39 Å². The molecule has 0 heterocycles. The van der Waals surface area contributed by atoms with Crippen molar-refractivity contribution in [3.63, 3.8) is 0 Å². The number of hydrogen-bond acceptors (Lipinski definition) is 2. The number of rotatable bonds is 4. The number of ether oxygens (including phenoxy) is 1. The first-order valence-corrected chi connectivity index (χ1v) is 6.44. The molecular weight excluding hydrogens is 255 g/mol. The second kappa shape index (κ2) is 5.87. The van der Waals surface area contributed by atoms with E-state index in [0.717, 1.165) is 11.1 Å². The van der Waals surface area contributed by atoms with Crippen LogP contribution in [0.4, 0.5) is 4.39 Å². The summed E-state index contributed by atoms with van der Waals surface area (Å²) in [5, 5.41) is 0. The summed E-state index contributed by atoms with van der Waals surface area (Å²) in [7, 11) is 1.42. The van der Waals surface area contributed by atoms with Crippen LogP contribution < -0.4 is 4.74 Å². The number of carbonyl (C=O) groups excluding carboxylic acids is 1. The zero-order valence-corrected chi connectivity index (χ0v) is 11.9. The van der Waals surface area contributed by atoms with Crippen LogP contribution in [0.2, 0.25) is 0 Å². The summed E-state index contributed by atoms with van der Waals surface area (Å²) in [6, 6.07) is 10.3. The van der Waals surface area contributed by atoms with E-state index in [1.165, 1.54) is 13.2 Å². The topological polar surface area (TPSA) is 26.3 Å². The molecule has 0 aliphatic carbocycles. The van der Waals surface area contributed by atoms with Crippen LogP contribution in [0.1, 0.15) is 27.0 Å². The third-order valence-corrected chi connectivity index (χ3v) is 3.49. The van der Waals surface area contributed by atoms with Crippen molar-refractivity contribution in [2.75, 3.05) is 7.11 Å². The third kappa shape index (κ3) is 2.87. The van der Waals surface area contributed by atoms with E-state index in [0.29, 0.717) is 11.1 Å². The van der Waals surface area contributed by atoms with Crippen LogP contribution in [0, 0.1) is 19.7 Å². The van der Waals surface area contributed by atoms with E-state index in [1.54, 1.807) is 12.1 Å². The minimum atomic E-state index is -0.446. The van der Waals surface area contributed by atoms with Crippen molar-refractivity contribution in [3.8, 4) is 5.75 Å². The van der Waals surface area contributed by atoms with E-state index in [-0.39, 0.29) is 18.0 Å². The molecule has 2 aromatic rings. The Morgan fingerprint density at radius 2 is 1.95 bits per heavy atom. The molecular formula is C17H17FO2. The zero-order chi connectivity index (χ0) is 14.7. The highest BCUT2D eigenvalue weighted by Gasteiger charge is 2.12. The Morgan fingerprint density at radius 1 is 1.20 bits per heavy atom. The second-order valence-electron chi connectivity index (χ2n) is 4.82. The quantitative estimate of drug-likeness (QED) is 0.790. The minimum Gasteiger partial charge on any atom is -0.494 e. The normalized spacial score (nSPS) is 10.4. The van der Waals surface area contributed by atoms with Crippen molar-refractivity contribution >= 4 is 5.78 Å². The molecule has 2 aromatic carbocycles. The lowest BCUT2D eigenvalue weighted by atomic mass is 9.96. The summed E-state index contributed by atoms with van der Waals surface area (Å²) in [4.78, 5) is 12.3. The van der Waals surface area contributed by atoms with Gasteiger partial charge in [0.2, 0.25) is 0 Å². The van der Waals surface area contributed by atoms with Crippen LogP contribution in [-0.2, 0) is 6.42 Å². The summed E-state index contributed by atoms with van der Waals surface area (Å²) in [5.41, 5.74) is 3.40. The Bertz CT molecular complexity index is 647. The lowest BCUT2D eigenvalue weighted by Gasteiger charge is -2.08. The van der Waals surface area contributed by atoms with Gasteiger partial charge in [0.15, 0.2) is 17.3 Å². The van der Waals surface area contributed by atoms with Crippen molar-refractivity contribution in [2.24, 2.45) is 0 Å². The fourth-order valence-corrected chi connectivity index (χ4v) is 2.15. The maximum Gasteiger partial charge on any atom is 0.167 e. The van der Waals surface area contributed by atoms with Gasteiger partial charge in [0.05, 0.1) is 7.11 Å². The molecule has 0 N–H and O–H groups in total. The number of halogens is 1. The van der Waals surface area contributed by atoms with E-state index >= 15 is 0 Å². The molecule has 0 bridgehead atoms. The molecule has 0 fully saturated rings. The SMILES string of the molecule is COc1ccc(CC(=O)c2cccc(C)c2C)cc1F. The molecule has 0 saturated carbocycles. The maximum absolute atomic E-state index is 13.6. The van der Waals surface area contributed by atoms with Gasteiger partial charge in [-0.15, -0.1) is 0 Å². The predicted molar refractivity (Wildman–Crippen MR) is 76.9 cm³/mol. The Morgan fingerprint density at radius 3 is 2.60 bits per heavy atom. The van der Waals surface area contributed by atoms with Gasteiger partial charge in [-0.3, -0.25) is 4.79 Å². The first kappa shape index (κ1) is 14.3. The van der Waals surface area contributed by atoms with E-state index in [1.807, 2.05) is 32.0 Å². The van der Waals surface area contributed by atoms with Crippen molar-refractivity contribution in [1.29, 1.82) is 0 Å². The molecule has 0 radical (unpaired) electrons. The number of benzene rings is 2. The monoisotopic (exact) mass is 272 g/mol. The Balaban J connectivity index is 2.24. The van der Waals surface area contributed by atoms with Crippen LogP contribution in [0.15, 0.2) is 36.4 Å². The molecule has 0 saturated heterocycles. The van der Waals surface area contributed by atoms with E-state index < -0.39 is 5.82 Å². The van der Waals surface area contributed by atoms with E-state index in [2.05, 4.69) is 0 Å². The number of methoxy groups -OCH3 is 1. The summed E-state index contributed by atoms with van der Waals surface area (Å²) >= 11 is 0. The molecule has 2 rings (SSSR count). The molecule has 104 valence electrons. The largest absolute Gasteiger partial charge is 0.494 e. The van der Waals surface area contributed by atoms with Crippen molar-refractivity contribution < 1.29 is 13.9 Å². The number of aryl methyl sites for hydroxylation is 1. The average molecular weight is 272 g/mol. The Hall–Kier alpha value is -2.16. The summed E-state index contributed by atoms with van der Waals surface area (Å²) in [6.45, 7) is 3.90. The van der Waals surface area contributed by atoms with Gasteiger partial charge < -0.3 is 4.74 Å². The molecule has 0 aromatic heterocycles. The highest BCUT2D eigenvalue weighted by Crippen LogP contribution is 2.20. The van der Waals surface area contributed by atoms with Gasteiger partial charge in [-0.05, 0) is 42.7 Å². The highest BCUT2D eigenvalue weighted by atomic mass is 19.1. The third-order valence-electron chi connectivity index (χ3n) is 3.49. The van der Waals surface area contributed by atoms with Crippen LogP contribution in [0.3, 0.4) is 0 Å². The van der Waals surface area contributed by atoms with Gasteiger partial charge in [0, 0.05) is 12.0 Å². The number of ketones is 1. The lowest BCUT2D eigenvalue weighted by molar-refractivity contribution is 0.0992.